The summed E-state index contributed by atoms with van der Waals surface area (Å²) in [5.74, 6) is 1.41. The van der Waals surface area contributed by atoms with Gasteiger partial charge in [0.1, 0.15) is 0 Å². The third-order valence-corrected chi connectivity index (χ3v) is 4.29. The van der Waals surface area contributed by atoms with Crippen LogP contribution in [0.5, 0.6) is 0 Å². The molecule has 5 heteroatoms. The van der Waals surface area contributed by atoms with Crippen LogP contribution < -0.4 is 0 Å². The molecule has 5 nitrogen and oxygen atoms in total. The topological polar surface area (TPSA) is 68.9 Å². The van der Waals surface area contributed by atoms with Crippen molar-refractivity contribution in [1.82, 2.24) is 9.97 Å². The van der Waals surface area contributed by atoms with Crippen LogP contribution in [0.4, 0.5) is 5.69 Å². The maximum atomic E-state index is 10.7. The Bertz CT molecular complexity index is 683. The van der Waals surface area contributed by atoms with Gasteiger partial charge >= 0.3 is 0 Å². The fraction of sp³-hybridized carbons (Fsp3) is 0.412. The van der Waals surface area contributed by atoms with Gasteiger partial charge in [0.2, 0.25) is 0 Å². The summed E-state index contributed by atoms with van der Waals surface area (Å²) in [6.07, 6.45) is 7.69. The highest BCUT2D eigenvalue weighted by molar-refractivity contribution is 5.57. The lowest BCUT2D eigenvalue weighted by atomic mass is 9.84. The van der Waals surface area contributed by atoms with E-state index in [-0.39, 0.29) is 5.69 Å². The lowest BCUT2D eigenvalue weighted by molar-refractivity contribution is -0.384. The number of fused-ring (bicyclic) bond motifs is 1. The van der Waals surface area contributed by atoms with Crippen LogP contribution in [0.2, 0.25) is 0 Å². The van der Waals surface area contributed by atoms with Crippen molar-refractivity contribution >= 4 is 5.69 Å². The first-order chi connectivity index (χ1) is 10.7. The number of rotatable bonds is 4. The van der Waals surface area contributed by atoms with Gasteiger partial charge in [-0.1, -0.05) is 19.8 Å². The molecule has 1 aromatic heterocycles. The van der Waals surface area contributed by atoms with Crippen molar-refractivity contribution < 1.29 is 4.92 Å². The maximum absolute atomic E-state index is 10.7. The summed E-state index contributed by atoms with van der Waals surface area (Å²) in [6, 6.07) is 6.41. The fourth-order valence-electron chi connectivity index (χ4n) is 3.11. The SMILES string of the molecule is CCCC1CCc2nc(-c3ccc([N+](=O)[O-])cc3)ncc2C1. The average molecular weight is 297 g/mol. The predicted octanol–water partition coefficient (Wildman–Crippen LogP) is 3.96. The summed E-state index contributed by atoms with van der Waals surface area (Å²) < 4.78 is 0. The number of nitrogens with zero attached hydrogens (tertiary/aromatic N) is 3. The first-order valence-electron chi connectivity index (χ1n) is 7.77. The maximum Gasteiger partial charge on any atom is 0.269 e. The molecule has 0 saturated carbocycles. The summed E-state index contributed by atoms with van der Waals surface area (Å²) in [7, 11) is 0. The molecule has 22 heavy (non-hydrogen) atoms. The molecule has 0 N–H and O–H groups in total. The molecule has 1 aliphatic rings. The van der Waals surface area contributed by atoms with E-state index in [9.17, 15) is 10.1 Å². The van der Waals surface area contributed by atoms with Gasteiger partial charge in [0.25, 0.3) is 5.69 Å². The lowest BCUT2D eigenvalue weighted by Gasteiger charge is -2.23. The zero-order valence-corrected chi connectivity index (χ0v) is 12.7. The molecule has 2 aromatic rings. The Balaban J connectivity index is 1.83. The number of hydrogen-bond donors (Lipinski definition) is 0. The summed E-state index contributed by atoms with van der Waals surface area (Å²) in [5, 5.41) is 10.7. The van der Waals surface area contributed by atoms with Crippen LogP contribution in [0.15, 0.2) is 30.5 Å². The summed E-state index contributed by atoms with van der Waals surface area (Å²) in [6.45, 7) is 2.23. The van der Waals surface area contributed by atoms with Gasteiger partial charge < -0.3 is 0 Å². The molecule has 114 valence electrons. The van der Waals surface area contributed by atoms with Crippen molar-refractivity contribution in [3.8, 4) is 11.4 Å². The Morgan fingerprint density at radius 2 is 2.09 bits per heavy atom. The number of aromatic nitrogens is 2. The third-order valence-electron chi connectivity index (χ3n) is 4.29. The zero-order valence-electron chi connectivity index (χ0n) is 12.7. The number of nitro benzene ring substituents is 1. The number of non-ortho nitro benzene ring substituents is 1. The fourth-order valence-corrected chi connectivity index (χ4v) is 3.11. The minimum atomic E-state index is -0.397. The van der Waals surface area contributed by atoms with Crippen LogP contribution in [0, 0.1) is 16.0 Å². The normalized spacial score (nSPS) is 17.0. The zero-order chi connectivity index (χ0) is 15.5. The first kappa shape index (κ1) is 14.6. The van der Waals surface area contributed by atoms with E-state index < -0.39 is 4.92 Å². The van der Waals surface area contributed by atoms with Gasteiger partial charge in [-0.3, -0.25) is 10.1 Å². The number of hydrogen-bond acceptors (Lipinski definition) is 4. The van der Waals surface area contributed by atoms with E-state index in [0.29, 0.717) is 5.82 Å². The van der Waals surface area contributed by atoms with Crippen molar-refractivity contribution in [3.05, 3.63) is 51.8 Å². The highest BCUT2D eigenvalue weighted by Crippen LogP contribution is 2.28. The average Bonchev–Trinajstić information content (AvgIpc) is 2.55. The number of aryl methyl sites for hydroxylation is 1. The van der Waals surface area contributed by atoms with E-state index >= 15 is 0 Å². The minimum Gasteiger partial charge on any atom is -0.258 e. The van der Waals surface area contributed by atoms with Gasteiger partial charge in [0.15, 0.2) is 5.82 Å². The molecule has 1 aromatic carbocycles. The van der Waals surface area contributed by atoms with E-state index in [1.54, 1.807) is 12.1 Å². The highest BCUT2D eigenvalue weighted by Gasteiger charge is 2.20. The predicted molar refractivity (Wildman–Crippen MR) is 84.5 cm³/mol. The molecule has 0 spiro atoms. The van der Waals surface area contributed by atoms with Gasteiger partial charge in [-0.25, -0.2) is 9.97 Å². The quantitative estimate of drug-likeness (QED) is 0.632. The second kappa shape index (κ2) is 6.22. The molecular formula is C17H19N3O2. The standard InChI is InChI=1S/C17H19N3O2/c1-2-3-12-4-9-16-14(10-12)11-18-17(19-16)13-5-7-15(8-6-13)20(21)22/h5-8,11-12H,2-4,9-10H2,1H3. The minimum absolute atomic E-state index is 0.0871. The lowest BCUT2D eigenvalue weighted by Crippen LogP contribution is -2.16. The summed E-state index contributed by atoms with van der Waals surface area (Å²) >= 11 is 0. The largest absolute Gasteiger partial charge is 0.269 e. The Morgan fingerprint density at radius 3 is 2.77 bits per heavy atom. The van der Waals surface area contributed by atoms with Crippen molar-refractivity contribution in [2.24, 2.45) is 5.92 Å². The molecule has 0 bridgehead atoms. The smallest absolute Gasteiger partial charge is 0.258 e. The monoisotopic (exact) mass is 297 g/mol. The van der Waals surface area contributed by atoms with Crippen LogP contribution in [0.3, 0.4) is 0 Å². The van der Waals surface area contributed by atoms with Crippen molar-refractivity contribution in [3.63, 3.8) is 0 Å². The Labute approximate surface area is 129 Å². The van der Waals surface area contributed by atoms with E-state index in [0.717, 1.165) is 30.0 Å². The van der Waals surface area contributed by atoms with Crippen LogP contribution in [-0.2, 0) is 12.8 Å². The van der Waals surface area contributed by atoms with Gasteiger partial charge in [-0.05, 0) is 42.9 Å². The van der Waals surface area contributed by atoms with E-state index in [2.05, 4.69) is 16.9 Å². The molecule has 3 rings (SSSR count). The van der Waals surface area contributed by atoms with Crippen molar-refractivity contribution in [1.29, 1.82) is 0 Å². The van der Waals surface area contributed by atoms with Crippen LogP contribution >= 0.6 is 0 Å². The molecular weight excluding hydrogens is 278 g/mol. The second-order valence-electron chi connectivity index (χ2n) is 5.87. The molecule has 0 fully saturated rings. The van der Waals surface area contributed by atoms with E-state index in [4.69, 9.17) is 0 Å². The van der Waals surface area contributed by atoms with E-state index in [1.807, 2.05) is 6.20 Å². The Morgan fingerprint density at radius 1 is 1.32 bits per heavy atom. The van der Waals surface area contributed by atoms with Crippen molar-refractivity contribution in [2.45, 2.75) is 39.0 Å². The molecule has 1 aliphatic carbocycles. The molecule has 0 aliphatic heterocycles. The Kier molecular flexibility index (Phi) is 4.13. The molecule has 0 saturated heterocycles. The van der Waals surface area contributed by atoms with Crippen LogP contribution in [-0.4, -0.2) is 14.9 Å². The molecule has 1 unspecified atom stereocenters. The van der Waals surface area contributed by atoms with E-state index in [1.165, 1.54) is 37.0 Å². The van der Waals surface area contributed by atoms with Gasteiger partial charge in [0, 0.05) is 29.6 Å². The van der Waals surface area contributed by atoms with Gasteiger partial charge in [0.05, 0.1) is 4.92 Å². The molecule has 1 atom stereocenters. The first-order valence-corrected chi connectivity index (χ1v) is 7.77. The number of nitro groups is 1. The third kappa shape index (κ3) is 2.98. The highest BCUT2D eigenvalue weighted by atomic mass is 16.6. The second-order valence-corrected chi connectivity index (χ2v) is 5.87. The molecule has 0 radical (unpaired) electrons. The molecule has 1 heterocycles. The molecule has 0 amide bonds. The van der Waals surface area contributed by atoms with Crippen LogP contribution in [0.25, 0.3) is 11.4 Å². The Hall–Kier alpha value is -2.30. The van der Waals surface area contributed by atoms with Gasteiger partial charge in [-0.15, -0.1) is 0 Å². The van der Waals surface area contributed by atoms with Gasteiger partial charge in [-0.2, -0.15) is 0 Å². The summed E-state index contributed by atoms with van der Waals surface area (Å²) in [4.78, 5) is 19.4. The number of benzene rings is 1. The van der Waals surface area contributed by atoms with Crippen LogP contribution in [0.1, 0.15) is 37.4 Å². The summed E-state index contributed by atoms with van der Waals surface area (Å²) in [5.41, 5.74) is 3.30. The van der Waals surface area contributed by atoms with Crippen molar-refractivity contribution in [2.75, 3.05) is 0 Å².